The maximum atomic E-state index is 5.95. The van der Waals surface area contributed by atoms with Crippen molar-refractivity contribution in [2.24, 2.45) is 5.73 Å². The van der Waals surface area contributed by atoms with Gasteiger partial charge in [-0.1, -0.05) is 30.3 Å². The lowest BCUT2D eigenvalue weighted by Gasteiger charge is -2.15. The SMILES string of the molecule is NC1CCc2nc(-c3ccccc3)[nH]c2C1. The molecule has 3 heteroatoms. The third kappa shape index (κ3) is 1.63. The maximum absolute atomic E-state index is 5.95. The molecule has 1 aromatic heterocycles. The van der Waals surface area contributed by atoms with E-state index in [4.69, 9.17) is 5.73 Å². The van der Waals surface area contributed by atoms with Crippen LogP contribution in [0.15, 0.2) is 30.3 Å². The van der Waals surface area contributed by atoms with Crippen LogP contribution in [0.3, 0.4) is 0 Å². The molecule has 0 amide bonds. The van der Waals surface area contributed by atoms with E-state index in [1.165, 1.54) is 11.4 Å². The van der Waals surface area contributed by atoms with E-state index < -0.39 is 0 Å². The topological polar surface area (TPSA) is 54.7 Å². The average Bonchev–Trinajstić information content (AvgIpc) is 2.73. The van der Waals surface area contributed by atoms with Gasteiger partial charge < -0.3 is 10.7 Å². The second-order valence-corrected chi connectivity index (χ2v) is 4.38. The van der Waals surface area contributed by atoms with Gasteiger partial charge in [0.05, 0.1) is 5.69 Å². The molecule has 0 fully saturated rings. The summed E-state index contributed by atoms with van der Waals surface area (Å²) in [7, 11) is 0. The molecule has 3 nitrogen and oxygen atoms in total. The number of imidazole rings is 1. The van der Waals surface area contributed by atoms with Crippen LogP contribution in [0.25, 0.3) is 11.4 Å². The molecule has 1 unspecified atom stereocenters. The molecule has 3 rings (SSSR count). The summed E-state index contributed by atoms with van der Waals surface area (Å²) in [6.45, 7) is 0. The third-order valence-electron chi connectivity index (χ3n) is 3.13. The number of nitrogens with two attached hydrogens (primary N) is 1. The lowest BCUT2D eigenvalue weighted by Crippen LogP contribution is -2.27. The van der Waals surface area contributed by atoms with Gasteiger partial charge in [-0.25, -0.2) is 4.98 Å². The van der Waals surface area contributed by atoms with E-state index in [1.807, 2.05) is 18.2 Å². The zero-order chi connectivity index (χ0) is 11.0. The van der Waals surface area contributed by atoms with Gasteiger partial charge in [0, 0.05) is 23.7 Å². The molecule has 1 atom stereocenters. The normalized spacial score (nSPS) is 19.4. The van der Waals surface area contributed by atoms with Gasteiger partial charge in [-0.3, -0.25) is 0 Å². The van der Waals surface area contributed by atoms with Crippen LogP contribution in [0.1, 0.15) is 17.8 Å². The molecule has 82 valence electrons. The smallest absolute Gasteiger partial charge is 0.137 e. The molecular weight excluding hydrogens is 198 g/mol. The lowest BCUT2D eigenvalue weighted by atomic mass is 9.97. The van der Waals surface area contributed by atoms with Gasteiger partial charge in [0.25, 0.3) is 0 Å². The number of aromatic amines is 1. The zero-order valence-electron chi connectivity index (χ0n) is 9.11. The van der Waals surface area contributed by atoms with Gasteiger partial charge in [0.15, 0.2) is 0 Å². The van der Waals surface area contributed by atoms with E-state index in [-0.39, 0.29) is 6.04 Å². The van der Waals surface area contributed by atoms with Crippen molar-refractivity contribution in [3.63, 3.8) is 0 Å². The molecule has 16 heavy (non-hydrogen) atoms. The van der Waals surface area contributed by atoms with Gasteiger partial charge in [-0.05, 0) is 12.8 Å². The summed E-state index contributed by atoms with van der Waals surface area (Å²) >= 11 is 0. The average molecular weight is 213 g/mol. The largest absolute Gasteiger partial charge is 0.342 e. The molecule has 1 aliphatic carbocycles. The van der Waals surface area contributed by atoms with E-state index in [9.17, 15) is 0 Å². The number of fused-ring (bicyclic) bond motifs is 1. The fourth-order valence-corrected chi connectivity index (χ4v) is 2.24. The van der Waals surface area contributed by atoms with Crippen molar-refractivity contribution in [2.75, 3.05) is 0 Å². The van der Waals surface area contributed by atoms with E-state index >= 15 is 0 Å². The van der Waals surface area contributed by atoms with Crippen molar-refractivity contribution in [1.29, 1.82) is 0 Å². The Labute approximate surface area is 94.7 Å². The van der Waals surface area contributed by atoms with Crippen LogP contribution < -0.4 is 5.73 Å². The number of hydrogen-bond donors (Lipinski definition) is 2. The minimum Gasteiger partial charge on any atom is -0.342 e. The van der Waals surface area contributed by atoms with Crippen molar-refractivity contribution in [2.45, 2.75) is 25.3 Å². The Morgan fingerprint density at radius 1 is 1.25 bits per heavy atom. The summed E-state index contributed by atoms with van der Waals surface area (Å²) in [4.78, 5) is 8.03. The van der Waals surface area contributed by atoms with Crippen molar-refractivity contribution in [3.05, 3.63) is 41.7 Å². The Hall–Kier alpha value is -1.61. The highest BCUT2D eigenvalue weighted by molar-refractivity contribution is 5.55. The highest BCUT2D eigenvalue weighted by atomic mass is 14.9. The number of aryl methyl sites for hydroxylation is 1. The first kappa shape index (κ1) is 9.60. The quantitative estimate of drug-likeness (QED) is 0.760. The predicted octanol–water partition coefficient (Wildman–Crippen LogP) is 1.89. The van der Waals surface area contributed by atoms with Crippen LogP contribution in [0, 0.1) is 0 Å². The molecule has 0 bridgehead atoms. The number of H-pyrrole nitrogens is 1. The lowest BCUT2D eigenvalue weighted by molar-refractivity contribution is 0.565. The minimum atomic E-state index is 0.288. The van der Waals surface area contributed by atoms with Crippen molar-refractivity contribution >= 4 is 0 Å². The Bertz CT molecular complexity index is 487. The first-order valence-electron chi connectivity index (χ1n) is 5.71. The van der Waals surface area contributed by atoms with Crippen LogP contribution in [0.4, 0.5) is 0 Å². The molecule has 1 aliphatic rings. The number of aromatic nitrogens is 2. The van der Waals surface area contributed by atoms with E-state index in [1.54, 1.807) is 0 Å². The van der Waals surface area contributed by atoms with Crippen LogP contribution >= 0.6 is 0 Å². The second-order valence-electron chi connectivity index (χ2n) is 4.38. The van der Waals surface area contributed by atoms with Gasteiger partial charge in [0.2, 0.25) is 0 Å². The second kappa shape index (κ2) is 3.76. The fourth-order valence-electron chi connectivity index (χ4n) is 2.24. The third-order valence-corrected chi connectivity index (χ3v) is 3.13. The van der Waals surface area contributed by atoms with Gasteiger partial charge in [-0.15, -0.1) is 0 Å². The van der Waals surface area contributed by atoms with Crippen LogP contribution in [-0.2, 0) is 12.8 Å². The summed E-state index contributed by atoms with van der Waals surface area (Å²) in [5.74, 6) is 0.972. The van der Waals surface area contributed by atoms with Crippen molar-refractivity contribution in [3.8, 4) is 11.4 Å². The molecule has 0 saturated carbocycles. The van der Waals surface area contributed by atoms with Crippen LogP contribution in [0.2, 0.25) is 0 Å². The monoisotopic (exact) mass is 213 g/mol. The molecule has 3 N–H and O–H groups in total. The van der Waals surface area contributed by atoms with Crippen molar-refractivity contribution < 1.29 is 0 Å². The molecule has 1 aromatic carbocycles. The first-order valence-corrected chi connectivity index (χ1v) is 5.71. The Kier molecular flexibility index (Phi) is 2.26. The summed E-state index contributed by atoms with van der Waals surface area (Å²) in [6, 6.07) is 10.5. The zero-order valence-corrected chi connectivity index (χ0v) is 9.11. The van der Waals surface area contributed by atoms with Crippen LogP contribution in [-0.4, -0.2) is 16.0 Å². The molecule has 0 saturated heterocycles. The summed E-state index contributed by atoms with van der Waals surface area (Å²) < 4.78 is 0. The Morgan fingerprint density at radius 2 is 2.06 bits per heavy atom. The van der Waals surface area contributed by atoms with Gasteiger partial charge >= 0.3 is 0 Å². The molecular formula is C13H15N3. The standard InChI is InChI=1S/C13H15N3/c14-10-6-7-11-12(8-10)16-13(15-11)9-4-2-1-3-5-9/h1-5,10H,6-8,14H2,(H,15,16). The molecule has 1 heterocycles. The minimum absolute atomic E-state index is 0.288. The number of nitrogens with one attached hydrogen (secondary N) is 1. The van der Waals surface area contributed by atoms with E-state index in [2.05, 4.69) is 22.1 Å². The van der Waals surface area contributed by atoms with E-state index in [0.29, 0.717) is 0 Å². The molecule has 0 aliphatic heterocycles. The number of rotatable bonds is 1. The first-order chi connectivity index (χ1) is 7.83. The number of nitrogens with zero attached hydrogens (tertiary/aromatic N) is 1. The Balaban J connectivity index is 1.99. The van der Waals surface area contributed by atoms with E-state index in [0.717, 1.165) is 30.7 Å². The molecule has 2 aromatic rings. The summed E-state index contributed by atoms with van der Waals surface area (Å²) in [5.41, 5.74) is 9.51. The van der Waals surface area contributed by atoms with Crippen molar-refractivity contribution in [1.82, 2.24) is 9.97 Å². The Morgan fingerprint density at radius 3 is 2.88 bits per heavy atom. The summed E-state index contributed by atoms with van der Waals surface area (Å²) in [5, 5.41) is 0. The molecule has 0 radical (unpaired) electrons. The molecule has 0 spiro atoms. The fraction of sp³-hybridized carbons (Fsp3) is 0.308. The maximum Gasteiger partial charge on any atom is 0.137 e. The van der Waals surface area contributed by atoms with Crippen LogP contribution in [0.5, 0.6) is 0 Å². The van der Waals surface area contributed by atoms with Gasteiger partial charge in [0.1, 0.15) is 5.82 Å². The number of benzene rings is 1. The van der Waals surface area contributed by atoms with Gasteiger partial charge in [-0.2, -0.15) is 0 Å². The number of hydrogen-bond acceptors (Lipinski definition) is 2. The highest BCUT2D eigenvalue weighted by Gasteiger charge is 2.19. The predicted molar refractivity (Wildman–Crippen MR) is 64.0 cm³/mol. The summed E-state index contributed by atoms with van der Waals surface area (Å²) in [6.07, 6.45) is 2.97. The highest BCUT2D eigenvalue weighted by Crippen LogP contribution is 2.23.